The number of fused-ring (bicyclic) bond motifs is 1. The molecule has 0 radical (unpaired) electrons. The Labute approximate surface area is 228 Å². The second kappa shape index (κ2) is 11.9. The first-order valence-electron chi connectivity index (χ1n) is 12.3. The normalized spacial score (nSPS) is 13.9. The number of amides is 1. The van der Waals surface area contributed by atoms with Crippen LogP contribution in [0.25, 0.3) is 5.70 Å². The van der Waals surface area contributed by atoms with Crippen molar-refractivity contribution < 1.29 is 23.7 Å². The summed E-state index contributed by atoms with van der Waals surface area (Å²) in [6.45, 7) is 4.71. The first-order chi connectivity index (χ1) is 18.7. The van der Waals surface area contributed by atoms with Crippen molar-refractivity contribution in [1.29, 1.82) is 0 Å². The van der Waals surface area contributed by atoms with Gasteiger partial charge in [0.2, 0.25) is 17.6 Å². The molecule has 1 aromatic heterocycles. The third-order valence-corrected chi connectivity index (χ3v) is 6.02. The zero-order valence-corrected chi connectivity index (χ0v) is 23.3. The number of benzene rings is 2. The number of methoxy groups -OCH3 is 3. The molecule has 2 heterocycles. The molecule has 4 rings (SSSR count). The molecule has 0 unspecified atom stereocenters. The highest BCUT2D eigenvalue weighted by Crippen LogP contribution is 2.41. The van der Waals surface area contributed by atoms with Crippen LogP contribution in [-0.2, 0) is 11.3 Å². The van der Waals surface area contributed by atoms with Gasteiger partial charge in [-0.2, -0.15) is 0 Å². The minimum Gasteiger partial charge on any atom is -0.493 e. The molecule has 1 amide bonds. The van der Waals surface area contributed by atoms with Gasteiger partial charge in [0.15, 0.2) is 11.5 Å². The second-order valence-electron chi connectivity index (χ2n) is 9.14. The van der Waals surface area contributed by atoms with Crippen LogP contribution in [0.4, 0.5) is 5.69 Å². The van der Waals surface area contributed by atoms with Crippen molar-refractivity contribution in [1.82, 2.24) is 14.5 Å². The van der Waals surface area contributed by atoms with Crippen LogP contribution in [0, 0.1) is 13.8 Å². The van der Waals surface area contributed by atoms with Gasteiger partial charge in [0.1, 0.15) is 23.0 Å². The van der Waals surface area contributed by atoms with E-state index in [1.807, 2.05) is 67.8 Å². The summed E-state index contributed by atoms with van der Waals surface area (Å²) < 4.78 is 24.9. The van der Waals surface area contributed by atoms with Crippen molar-refractivity contribution in [3.05, 3.63) is 71.0 Å². The van der Waals surface area contributed by atoms with Gasteiger partial charge in [-0.3, -0.25) is 4.79 Å². The topological polar surface area (TPSA) is 99.4 Å². The summed E-state index contributed by atoms with van der Waals surface area (Å²) in [6.07, 6.45) is 1.92. The minimum atomic E-state index is -0.0871. The molecule has 1 aliphatic rings. The van der Waals surface area contributed by atoms with Crippen molar-refractivity contribution in [3.63, 3.8) is 0 Å². The van der Waals surface area contributed by atoms with E-state index in [-0.39, 0.29) is 5.91 Å². The number of hydrogen-bond donors (Lipinski definition) is 1. The van der Waals surface area contributed by atoms with Gasteiger partial charge in [0.25, 0.3) is 0 Å². The van der Waals surface area contributed by atoms with Crippen LogP contribution in [0.1, 0.15) is 22.8 Å². The fourth-order valence-electron chi connectivity index (χ4n) is 4.27. The fraction of sp³-hybridized carbons (Fsp3) is 0.310. The van der Waals surface area contributed by atoms with Crippen LogP contribution in [0.5, 0.6) is 23.0 Å². The molecule has 2 aromatic carbocycles. The van der Waals surface area contributed by atoms with E-state index in [4.69, 9.17) is 23.9 Å². The highest BCUT2D eigenvalue weighted by Gasteiger charge is 2.23. The predicted molar refractivity (Wildman–Crippen MR) is 150 cm³/mol. The Kier molecular flexibility index (Phi) is 8.39. The van der Waals surface area contributed by atoms with Crippen LogP contribution >= 0.6 is 0 Å². The zero-order valence-electron chi connectivity index (χ0n) is 23.3. The molecule has 0 aliphatic carbocycles. The number of carbonyl (C=O) groups is 1. The third-order valence-electron chi connectivity index (χ3n) is 6.02. The number of rotatable bonds is 8. The summed E-state index contributed by atoms with van der Waals surface area (Å²) in [4.78, 5) is 23.5. The number of likely N-dealkylation sites (N-methyl/N-ethyl adjacent to an activating group) is 1. The van der Waals surface area contributed by atoms with Crippen LogP contribution in [0.3, 0.4) is 0 Å². The minimum absolute atomic E-state index is 0.0871. The van der Waals surface area contributed by atoms with E-state index in [2.05, 4.69) is 16.0 Å². The van der Waals surface area contributed by atoms with E-state index in [1.165, 1.54) is 0 Å². The second-order valence-corrected chi connectivity index (χ2v) is 9.14. The van der Waals surface area contributed by atoms with Crippen LogP contribution in [-0.4, -0.2) is 68.2 Å². The van der Waals surface area contributed by atoms with Gasteiger partial charge in [0, 0.05) is 23.4 Å². The van der Waals surface area contributed by atoms with Crippen LogP contribution in [0.15, 0.2) is 53.2 Å². The van der Waals surface area contributed by atoms with Crippen molar-refractivity contribution in [2.24, 2.45) is 4.99 Å². The van der Waals surface area contributed by atoms with Crippen molar-refractivity contribution >= 4 is 23.2 Å². The highest BCUT2D eigenvalue weighted by molar-refractivity contribution is 5.99. The predicted octanol–water partition coefficient (Wildman–Crippen LogP) is 4.06. The van der Waals surface area contributed by atoms with Gasteiger partial charge in [-0.05, 0) is 46.2 Å². The molecule has 10 heteroatoms. The van der Waals surface area contributed by atoms with E-state index < -0.39 is 0 Å². The average Bonchev–Trinajstić information content (AvgIpc) is 3.17. The maximum absolute atomic E-state index is 12.1. The maximum atomic E-state index is 12.1. The SMILES string of the molecule is COc1cc(O/C2=N/C(c3ccc(NC(=O)CN(C)C)cc3)=C=CCn3c(C)nc(C)c32)cc(OC)c1OC. The van der Waals surface area contributed by atoms with E-state index >= 15 is 0 Å². The number of imidazole rings is 1. The van der Waals surface area contributed by atoms with Gasteiger partial charge in [-0.1, -0.05) is 17.9 Å². The average molecular weight is 532 g/mol. The quantitative estimate of drug-likeness (QED) is 0.438. The highest BCUT2D eigenvalue weighted by atomic mass is 16.5. The van der Waals surface area contributed by atoms with Crippen LogP contribution < -0.4 is 24.3 Å². The molecule has 1 N–H and O–H groups in total. The third kappa shape index (κ3) is 6.14. The maximum Gasteiger partial charge on any atom is 0.246 e. The van der Waals surface area contributed by atoms with Crippen molar-refractivity contribution in [2.75, 3.05) is 47.3 Å². The smallest absolute Gasteiger partial charge is 0.246 e. The molecule has 0 spiro atoms. The Hall–Kier alpha value is -4.53. The lowest BCUT2D eigenvalue weighted by Gasteiger charge is -2.17. The Morgan fingerprint density at radius 1 is 1.05 bits per heavy atom. The molecule has 0 bridgehead atoms. The van der Waals surface area contributed by atoms with Gasteiger partial charge < -0.3 is 33.7 Å². The summed E-state index contributed by atoms with van der Waals surface area (Å²) in [6, 6.07) is 10.9. The number of carbonyl (C=O) groups excluding carboxylic acids is 1. The molecular formula is C29H33N5O5. The molecule has 3 aromatic rings. The van der Waals surface area contributed by atoms with E-state index in [1.54, 1.807) is 33.5 Å². The van der Waals surface area contributed by atoms with Crippen molar-refractivity contribution in [3.8, 4) is 23.0 Å². The molecule has 204 valence electrons. The number of ether oxygens (including phenoxy) is 4. The monoisotopic (exact) mass is 531 g/mol. The molecule has 0 saturated heterocycles. The molecule has 10 nitrogen and oxygen atoms in total. The lowest BCUT2D eigenvalue weighted by atomic mass is 10.1. The molecule has 1 aliphatic heterocycles. The van der Waals surface area contributed by atoms with E-state index in [9.17, 15) is 4.79 Å². The summed E-state index contributed by atoms with van der Waals surface area (Å²) in [5, 5.41) is 2.90. The first-order valence-corrected chi connectivity index (χ1v) is 12.3. The summed E-state index contributed by atoms with van der Waals surface area (Å²) in [7, 11) is 8.35. The first kappa shape index (κ1) is 27.5. The Morgan fingerprint density at radius 2 is 1.72 bits per heavy atom. The number of aryl methyl sites for hydroxylation is 2. The molecular weight excluding hydrogens is 498 g/mol. The number of allylic oxidation sites excluding steroid dienone is 1. The van der Waals surface area contributed by atoms with E-state index in [0.717, 1.165) is 22.8 Å². The number of aliphatic imine (C=N–C) groups is 1. The van der Waals surface area contributed by atoms with E-state index in [0.29, 0.717) is 53.4 Å². The standard InChI is InChI=1S/C29H33N5O5/c1-18-27-29(39-22-15-24(36-5)28(38-7)25(16-22)37-6)32-23(9-8-14-34(27)19(2)30-18)20-10-12-21(13-11-20)31-26(35)17-33(3)4/h8,10-13,15-16H,14,17H2,1-7H3,(H,31,35)/b32-29+. The Bertz CT molecular complexity index is 1440. The Morgan fingerprint density at radius 3 is 2.31 bits per heavy atom. The van der Waals surface area contributed by atoms with Gasteiger partial charge in [0.05, 0.1) is 40.1 Å². The molecule has 39 heavy (non-hydrogen) atoms. The fourth-order valence-corrected chi connectivity index (χ4v) is 4.27. The summed E-state index contributed by atoms with van der Waals surface area (Å²) >= 11 is 0. The number of hydrogen-bond acceptors (Lipinski definition) is 8. The van der Waals surface area contributed by atoms with Gasteiger partial charge in [-0.25, -0.2) is 9.98 Å². The molecule has 0 fully saturated rings. The van der Waals surface area contributed by atoms with Gasteiger partial charge >= 0.3 is 0 Å². The largest absolute Gasteiger partial charge is 0.493 e. The zero-order chi connectivity index (χ0) is 28.1. The van der Waals surface area contributed by atoms with Crippen LogP contribution in [0.2, 0.25) is 0 Å². The molecule has 0 atom stereocenters. The lowest BCUT2D eigenvalue weighted by molar-refractivity contribution is -0.116. The lowest BCUT2D eigenvalue weighted by Crippen LogP contribution is -2.27. The summed E-state index contributed by atoms with van der Waals surface area (Å²) in [5.41, 5.74) is 6.92. The van der Waals surface area contributed by atoms with Crippen molar-refractivity contribution in [2.45, 2.75) is 20.4 Å². The molecule has 0 saturated carbocycles. The number of anilines is 1. The number of aromatic nitrogens is 2. The van der Waals surface area contributed by atoms with Gasteiger partial charge in [-0.15, -0.1) is 0 Å². The number of nitrogens with one attached hydrogen (secondary N) is 1. The Balaban J connectivity index is 1.75. The number of nitrogens with zero attached hydrogens (tertiary/aromatic N) is 4. The summed E-state index contributed by atoms with van der Waals surface area (Å²) in [5.74, 6) is 2.94.